The van der Waals surface area contributed by atoms with Crippen LogP contribution in [-0.2, 0) is 4.74 Å². The predicted molar refractivity (Wildman–Crippen MR) is 91.8 cm³/mol. The molecule has 0 spiro atoms. The normalized spacial score (nSPS) is 17.6. The molecule has 1 fully saturated rings. The van der Waals surface area contributed by atoms with Gasteiger partial charge in [0, 0.05) is 11.4 Å². The van der Waals surface area contributed by atoms with Crippen LogP contribution in [0.3, 0.4) is 0 Å². The molecule has 0 aliphatic carbocycles. The largest absolute Gasteiger partial charge is 0.490 e. The fourth-order valence-electron chi connectivity index (χ4n) is 2.94. The number of pyridine rings is 1. The molecule has 2 N–H and O–H groups in total. The number of hydrogen-bond acceptors (Lipinski definition) is 5. The zero-order chi connectivity index (χ0) is 17.6. The first-order valence-corrected chi connectivity index (χ1v) is 8.12. The van der Waals surface area contributed by atoms with E-state index in [-0.39, 0.29) is 30.5 Å². The molecule has 1 atom stereocenters. The van der Waals surface area contributed by atoms with E-state index in [9.17, 15) is 9.59 Å². The van der Waals surface area contributed by atoms with E-state index < -0.39 is 0 Å². The summed E-state index contributed by atoms with van der Waals surface area (Å²) < 4.78 is 11.1. The molecule has 1 aromatic carbocycles. The Labute approximate surface area is 142 Å². The van der Waals surface area contributed by atoms with Crippen LogP contribution in [-0.4, -0.2) is 51.2 Å². The summed E-state index contributed by atoms with van der Waals surface area (Å²) >= 11 is 0. The monoisotopic (exact) mass is 342 g/mol. The maximum absolute atomic E-state index is 11.7. The van der Waals surface area contributed by atoms with Crippen LogP contribution in [0.2, 0.25) is 0 Å². The molecular formula is C17H18N4O4. The van der Waals surface area contributed by atoms with E-state index in [1.54, 1.807) is 4.90 Å². The number of H-pyrrole nitrogens is 2. The van der Waals surface area contributed by atoms with Gasteiger partial charge in [-0.25, -0.2) is 14.6 Å². The fraction of sp³-hybridized carbons (Fsp3) is 0.353. The van der Waals surface area contributed by atoms with Crippen LogP contribution in [0, 0.1) is 0 Å². The number of fused-ring (bicyclic) bond motifs is 2. The van der Waals surface area contributed by atoms with E-state index in [1.165, 1.54) is 0 Å². The Kier molecular flexibility index (Phi) is 3.60. The summed E-state index contributed by atoms with van der Waals surface area (Å²) in [5.41, 5.74) is 1.64. The molecule has 1 aliphatic heterocycles. The molecule has 0 radical (unpaired) electrons. The van der Waals surface area contributed by atoms with Gasteiger partial charge in [-0.3, -0.25) is 4.98 Å². The molecule has 1 amide bonds. The highest BCUT2D eigenvalue weighted by Crippen LogP contribution is 2.23. The quantitative estimate of drug-likeness (QED) is 0.755. The Hall–Kier alpha value is -3.03. The van der Waals surface area contributed by atoms with Gasteiger partial charge in [-0.2, -0.15) is 0 Å². The first kappa shape index (κ1) is 15.5. The van der Waals surface area contributed by atoms with Crippen LogP contribution in [0.15, 0.2) is 29.1 Å². The van der Waals surface area contributed by atoms with Crippen LogP contribution in [0.1, 0.15) is 13.8 Å². The van der Waals surface area contributed by atoms with E-state index in [2.05, 4.69) is 15.0 Å². The average molecular weight is 342 g/mol. The minimum Gasteiger partial charge on any atom is -0.490 e. The molecule has 130 valence electrons. The first-order chi connectivity index (χ1) is 12.0. The number of cyclic esters (lactones) is 1. The molecule has 0 saturated carbocycles. The summed E-state index contributed by atoms with van der Waals surface area (Å²) in [4.78, 5) is 34.5. The van der Waals surface area contributed by atoms with Gasteiger partial charge >= 0.3 is 11.8 Å². The highest BCUT2D eigenvalue weighted by molar-refractivity contribution is 5.89. The molecule has 8 nitrogen and oxygen atoms in total. The van der Waals surface area contributed by atoms with E-state index in [0.717, 1.165) is 10.9 Å². The lowest BCUT2D eigenvalue weighted by Gasteiger charge is -2.16. The molecule has 2 aromatic heterocycles. The second-order valence-corrected chi connectivity index (χ2v) is 6.38. The number of carbonyl (C=O) groups is 1. The van der Waals surface area contributed by atoms with Gasteiger partial charge in [-0.05, 0) is 38.1 Å². The summed E-state index contributed by atoms with van der Waals surface area (Å²) in [5, 5.41) is 0.854. The second kappa shape index (κ2) is 5.80. The van der Waals surface area contributed by atoms with Gasteiger partial charge in [-0.1, -0.05) is 0 Å². The zero-order valence-electron chi connectivity index (χ0n) is 13.9. The molecule has 1 aliphatic rings. The van der Waals surface area contributed by atoms with Crippen molar-refractivity contribution in [2.75, 3.05) is 13.2 Å². The van der Waals surface area contributed by atoms with Crippen molar-refractivity contribution in [1.29, 1.82) is 0 Å². The van der Waals surface area contributed by atoms with Crippen molar-refractivity contribution in [2.45, 2.75) is 26.0 Å². The number of nitrogens with zero attached hydrogens (tertiary/aromatic N) is 2. The number of hydrogen-bond donors (Lipinski definition) is 2. The third-order valence-corrected chi connectivity index (χ3v) is 4.23. The van der Waals surface area contributed by atoms with Crippen molar-refractivity contribution < 1.29 is 14.3 Å². The van der Waals surface area contributed by atoms with Gasteiger partial charge in [0.1, 0.15) is 12.4 Å². The van der Waals surface area contributed by atoms with Crippen molar-refractivity contribution in [3.8, 4) is 5.75 Å². The molecule has 3 heterocycles. The maximum atomic E-state index is 11.7. The van der Waals surface area contributed by atoms with Crippen LogP contribution >= 0.6 is 0 Å². The van der Waals surface area contributed by atoms with Crippen LogP contribution in [0.25, 0.3) is 22.1 Å². The molecule has 25 heavy (non-hydrogen) atoms. The standard InChI is InChI=1S/C17H18N4O4/c1-9(2)21-7-12(25-17(21)23)8-24-11-3-4-13-10(5-11)6-14-15(18-13)20-16(22)19-14/h3-6,9,12H,7-8H2,1-2H3,(H2,18,19,20,22). The van der Waals surface area contributed by atoms with Crippen molar-refractivity contribution in [3.63, 3.8) is 0 Å². The minimum absolute atomic E-state index is 0.107. The van der Waals surface area contributed by atoms with Crippen molar-refractivity contribution in [2.24, 2.45) is 0 Å². The van der Waals surface area contributed by atoms with E-state index in [0.29, 0.717) is 23.5 Å². The van der Waals surface area contributed by atoms with E-state index in [1.807, 2.05) is 38.1 Å². The van der Waals surface area contributed by atoms with Crippen molar-refractivity contribution in [3.05, 3.63) is 34.7 Å². The lowest BCUT2D eigenvalue weighted by molar-refractivity contribution is 0.102. The Morgan fingerprint density at radius 2 is 2.16 bits per heavy atom. The summed E-state index contributed by atoms with van der Waals surface area (Å²) in [6.45, 7) is 4.72. The third-order valence-electron chi connectivity index (χ3n) is 4.23. The molecule has 0 bridgehead atoms. The molecule has 4 rings (SSSR count). The number of nitrogens with one attached hydrogen (secondary N) is 2. The Morgan fingerprint density at radius 1 is 1.32 bits per heavy atom. The minimum atomic E-state index is -0.301. The van der Waals surface area contributed by atoms with E-state index in [4.69, 9.17) is 9.47 Å². The first-order valence-electron chi connectivity index (χ1n) is 8.12. The average Bonchev–Trinajstić information content (AvgIpc) is 3.11. The SMILES string of the molecule is CC(C)N1CC(COc2ccc3nc4[nH]c(=O)[nH]c4cc3c2)OC1=O. The molecule has 3 aromatic rings. The van der Waals surface area contributed by atoms with Gasteiger partial charge in [-0.15, -0.1) is 0 Å². The molecular weight excluding hydrogens is 324 g/mol. The number of carbonyl (C=O) groups excluding carboxylic acids is 1. The lowest BCUT2D eigenvalue weighted by Crippen LogP contribution is -2.32. The topological polar surface area (TPSA) is 100 Å². The maximum Gasteiger partial charge on any atom is 0.410 e. The summed E-state index contributed by atoms with van der Waals surface area (Å²) in [6.07, 6.45) is -0.586. The Morgan fingerprint density at radius 3 is 2.92 bits per heavy atom. The number of amides is 1. The summed E-state index contributed by atoms with van der Waals surface area (Å²) in [6, 6.07) is 7.44. The van der Waals surface area contributed by atoms with Gasteiger partial charge in [0.25, 0.3) is 0 Å². The van der Waals surface area contributed by atoms with Gasteiger partial charge in [0.15, 0.2) is 11.8 Å². The number of rotatable bonds is 4. The van der Waals surface area contributed by atoms with Crippen LogP contribution in [0.4, 0.5) is 4.79 Å². The number of benzene rings is 1. The summed E-state index contributed by atoms with van der Waals surface area (Å²) in [5.74, 6) is 0.658. The fourth-order valence-corrected chi connectivity index (χ4v) is 2.94. The van der Waals surface area contributed by atoms with E-state index >= 15 is 0 Å². The van der Waals surface area contributed by atoms with Gasteiger partial charge < -0.3 is 19.4 Å². The molecule has 1 saturated heterocycles. The second-order valence-electron chi connectivity index (χ2n) is 6.38. The molecule has 8 heteroatoms. The number of imidazole rings is 1. The van der Waals surface area contributed by atoms with Crippen LogP contribution in [0.5, 0.6) is 5.75 Å². The zero-order valence-corrected chi connectivity index (χ0v) is 13.9. The Balaban J connectivity index is 1.51. The van der Waals surface area contributed by atoms with Crippen LogP contribution < -0.4 is 10.4 Å². The number of aromatic nitrogens is 3. The highest BCUT2D eigenvalue weighted by Gasteiger charge is 2.33. The van der Waals surface area contributed by atoms with Crippen molar-refractivity contribution in [1.82, 2.24) is 19.9 Å². The number of aromatic amines is 2. The smallest absolute Gasteiger partial charge is 0.410 e. The molecule has 1 unspecified atom stereocenters. The highest BCUT2D eigenvalue weighted by atomic mass is 16.6. The Bertz CT molecular complexity index is 1010. The van der Waals surface area contributed by atoms with Gasteiger partial charge in [0.05, 0.1) is 17.6 Å². The third kappa shape index (κ3) is 2.90. The predicted octanol–water partition coefficient (Wildman–Crippen LogP) is 2.01. The van der Waals surface area contributed by atoms with Crippen molar-refractivity contribution >= 4 is 28.2 Å². The summed E-state index contributed by atoms with van der Waals surface area (Å²) in [7, 11) is 0. The number of ether oxygens (including phenoxy) is 2. The lowest BCUT2D eigenvalue weighted by atomic mass is 10.2. The van der Waals surface area contributed by atoms with Gasteiger partial charge in [0.2, 0.25) is 0 Å².